The van der Waals surface area contributed by atoms with Gasteiger partial charge in [-0.2, -0.15) is 0 Å². The van der Waals surface area contributed by atoms with Crippen LogP contribution in [0.5, 0.6) is 0 Å². The van der Waals surface area contributed by atoms with E-state index in [1.807, 2.05) is 24.3 Å². The third kappa shape index (κ3) is 2.76. The molecule has 0 spiro atoms. The molecule has 1 fully saturated rings. The lowest BCUT2D eigenvalue weighted by molar-refractivity contribution is -0.124. The van der Waals surface area contributed by atoms with E-state index in [1.54, 1.807) is 6.07 Å². The number of para-hydroxylation sites is 1. The molecule has 2 aromatic rings. The number of esters is 1. The summed E-state index contributed by atoms with van der Waals surface area (Å²) in [6.45, 7) is -0.231. The van der Waals surface area contributed by atoms with Gasteiger partial charge in [0.2, 0.25) is 0 Å². The number of aromatic nitrogens is 1. The van der Waals surface area contributed by atoms with Gasteiger partial charge in [0.05, 0.1) is 0 Å². The first-order chi connectivity index (χ1) is 9.22. The first-order valence-electron chi connectivity index (χ1n) is 6.26. The van der Waals surface area contributed by atoms with E-state index in [0.29, 0.717) is 5.69 Å². The highest BCUT2D eigenvalue weighted by atomic mass is 16.5. The number of fused-ring (bicyclic) bond motifs is 1. The summed E-state index contributed by atoms with van der Waals surface area (Å²) in [5.74, 6) is -0.755. The largest absolute Gasteiger partial charge is 0.451 e. The molecule has 3 rings (SSSR count). The summed E-state index contributed by atoms with van der Waals surface area (Å²) in [4.78, 5) is 26.2. The van der Waals surface area contributed by atoms with Crippen LogP contribution in [-0.4, -0.2) is 29.5 Å². The maximum absolute atomic E-state index is 11.8. The summed E-state index contributed by atoms with van der Waals surface area (Å²) >= 11 is 0. The Bertz CT molecular complexity index is 595. The zero-order valence-electron chi connectivity index (χ0n) is 10.3. The van der Waals surface area contributed by atoms with Crippen molar-refractivity contribution in [3.8, 4) is 0 Å². The fourth-order valence-corrected chi connectivity index (χ4v) is 1.89. The third-order valence-corrected chi connectivity index (χ3v) is 3.03. The number of ether oxygens (including phenoxy) is 1. The Morgan fingerprint density at radius 3 is 2.84 bits per heavy atom. The van der Waals surface area contributed by atoms with Crippen LogP contribution in [0.2, 0.25) is 0 Å². The van der Waals surface area contributed by atoms with Crippen LogP contribution in [0.15, 0.2) is 30.3 Å². The van der Waals surface area contributed by atoms with Crippen LogP contribution in [0.3, 0.4) is 0 Å². The maximum Gasteiger partial charge on any atom is 0.355 e. The van der Waals surface area contributed by atoms with Crippen molar-refractivity contribution >= 4 is 22.8 Å². The summed E-state index contributed by atoms with van der Waals surface area (Å²) < 4.78 is 4.97. The number of hydrogen-bond donors (Lipinski definition) is 2. The average molecular weight is 258 g/mol. The summed E-state index contributed by atoms with van der Waals surface area (Å²) in [6, 6.07) is 9.56. The van der Waals surface area contributed by atoms with Gasteiger partial charge in [0.15, 0.2) is 6.61 Å². The molecule has 1 amide bonds. The van der Waals surface area contributed by atoms with Gasteiger partial charge in [0, 0.05) is 16.9 Å². The second-order valence-corrected chi connectivity index (χ2v) is 4.69. The molecule has 98 valence electrons. The first-order valence-corrected chi connectivity index (χ1v) is 6.26. The quantitative estimate of drug-likeness (QED) is 0.818. The minimum absolute atomic E-state index is 0.231. The number of H-pyrrole nitrogens is 1. The van der Waals surface area contributed by atoms with Gasteiger partial charge in [0.1, 0.15) is 5.69 Å². The van der Waals surface area contributed by atoms with Gasteiger partial charge in [-0.25, -0.2) is 4.79 Å². The van der Waals surface area contributed by atoms with Gasteiger partial charge in [-0.3, -0.25) is 4.79 Å². The number of aromatic amines is 1. The number of nitrogens with one attached hydrogen (secondary N) is 2. The normalized spacial score (nSPS) is 14.3. The second-order valence-electron chi connectivity index (χ2n) is 4.69. The van der Waals surface area contributed by atoms with Crippen LogP contribution < -0.4 is 5.32 Å². The second kappa shape index (κ2) is 4.76. The molecule has 1 aromatic carbocycles. The standard InChI is InChI=1S/C14H14N2O3/c17-13(15-10-5-6-10)8-19-14(18)12-7-9-3-1-2-4-11(9)16-12/h1-4,7,10,16H,5-6,8H2,(H,15,17). The Morgan fingerprint density at radius 2 is 2.11 bits per heavy atom. The van der Waals surface area contributed by atoms with Crippen LogP contribution >= 0.6 is 0 Å². The van der Waals surface area contributed by atoms with Crippen LogP contribution in [0.1, 0.15) is 23.3 Å². The number of benzene rings is 1. The van der Waals surface area contributed by atoms with Crippen molar-refractivity contribution in [2.45, 2.75) is 18.9 Å². The Morgan fingerprint density at radius 1 is 1.32 bits per heavy atom. The zero-order chi connectivity index (χ0) is 13.2. The summed E-state index contributed by atoms with van der Waals surface area (Å²) in [6.07, 6.45) is 2.03. The maximum atomic E-state index is 11.8. The molecule has 1 aliphatic carbocycles. The van der Waals surface area contributed by atoms with Crippen molar-refractivity contribution in [2.75, 3.05) is 6.61 Å². The summed E-state index contributed by atoms with van der Waals surface area (Å²) in [5, 5.41) is 3.70. The lowest BCUT2D eigenvalue weighted by Gasteiger charge is -2.04. The number of carbonyl (C=O) groups excluding carboxylic acids is 2. The smallest absolute Gasteiger partial charge is 0.355 e. The molecule has 1 heterocycles. The minimum atomic E-state index is -0.512. The molecule has 0 bridgehead atoms. The molecular formula is C14H14N2O3. The molecule has 1 aliphatic rings. The highest BCUT2D eigenvalue weighted by Gasteiger charge is 2.23. The summed E-state index contributed by atoms with van der Waals surface area (Å²) in [5.41, 5.74) is 1.23. The van der Waals surface area contributed by atoms with Crippen LogP contribution in [0.25, 0.3) is 10.9 Å². The monoisotopic (exact) mass is 258 g/mol. The molecule has 0 radical (unpaired) electrons. The molecule has 0 saturated heterocycles. The molecule has 0 atom stereocenters. The SMILES string of the molecule is O=C(COC(=O)c1cc2ccccc2[nH]1)NC1CC1. The fourth-order valence-electron chi connectivity index (χ4n) is 1.89. The molecule has 19 heavy (non-hydrogen) atoms. The zero-order valence-corrected chi connectivity index (χ0v) is 10.3. The van der Waals surface area contributed by atoms with E-state index in [2.05, 4.69) is 10.3 Å². The van der Waals surface area contributed by atoms with E-state index in [9.17, 15) is 9.59 Å². The van der Waals surface area contributed by atoms with Crippen molar-refractivity contribution in [3.05, 3.63) is 36.0 Å². The molecule has 1 aromatic heterocycles. The number of carbonyl (C=O) groups is 2. The van der Waals surface area contributed by atoms with Crippen LogP contribution in [-0.2, 0) is 9.53 Å². The highest BCUT2D eigenvalue weighted by Crippen LogP contribution is 2.18. The number of rotatable bonds is 4. The summed E-state index contributed by atoms with van der Waals surface area (Å²) in [7, 11) is 0. The minimum Gasteiger partial charge on any atom is -0.451 e. The Kier molecular flexibility index (Phi) is 2.95. The van der Waals surface area contributed by atoms with E-state index in [-0.39, 0.29) is 18.6 Å². The Hall–Kier alpha value is -2.30. The number of amides is 1. The van der Waals surface area contributed by atoms with E-state index in [1.165, 1.54) is 0 Å². The molecule has 1 saturated carbocycles. The molecule has 2 N–H and O–H groups in total. The van der Waals surface area contributed by atoms with Gasteiger partial charge >= 0.3 is 5.97 Å². The topological polar surface area (TPSA) is 71.2 Å². The fraction of sp³-hybridized carbons (Fsp3) is 0.286. The van der Waals surface area contributed by atoms with Gasteiger partial charge in [-0.15, -0.1) is 0 Å². The van der Waals surface area contributed by atoms with E-state index < -0.39 is 5.97 Å². The van der Waals surface area contributed by atoms with Gasteiger partial charge in [-0.05, 0) is 25.0 Å². The molecule has 0 aliphatic heterocycles. The van der Waals surface area contributed by atoms with Gasteiger partial charge in [0.25, 0.3) is 5.91 Å². The van der Waals surface area contributed by atoms with Crippen LogP contribution in [0, 0.1) is 0 Å². The van der Waals surface area contributed by atoms with Gasteiger partial charge < -0.3 is 15.0 Å². The van der Waals surface area contributed by atoms with Crippen LogP contribution in [0.4, 0.5) is 0 Å². The van der Waals surface area contributed by atoms with Crippen molar-refractivity contribution in [1.29, 1.82) is 0 Å². The van der Waals surface area contributed by atoms with E-state index in [4.69, 9.17) is 4.74 Å². The lowest BCUT2D eigenvalue weighted by atomic mass is 10.2. The molecule has 5 heteroatoms. The van der Waals surface area contributed by atoms with Crippen molar-refractivity contribution in [3.63, 3.8) is 0 Å². The van der Waals surface area contributed by atoms with Crippen molar-refractivity contribution in [2.24, 2.45) is 0 Å². The molecule has 5 nitrogen and oxygen atoms in total. The molecular weight excluding hydrogens is 244 g/mol. The van der Waals surface area contributed by atoms with E-state index >= 15 is 0 Å². The van der Waals surface area contributed by atoms with Gasteiger partial charge in [-0.1, -0.05) is 18.2 Å². The van der Waals surface area contributed by atoms with E-state index in [0.717, 1.165) is 23.7 Å². The predicted octanol–water partition coefficient (Wildman–Crippen LogP) is 1.60. The third-order valence-electron chi connectivity index (χ3n) is 3.03. The van der Waals surface area contributed by atoms with Crippen molar-refractivity contribution in [1.82, 2.24) is 10.3 Å². The Balaban J connectivity index is 1.61. The lowest BCUT2D eigenvalue weighted by Crippen LogP contribution is -2.30. The molecule has 0 unspecified atom stereocenters. The van der Waals surface area contributed by atoms with Crippen molar-refractivity contribution < 1.29 is 14.3 Å². The number of hydrogen-bond acceptors (Lipinski definition) is 3. The highest BCUT2D eigenvalue weighted by molar-refractivity contribution is 5.95. The predicted molar refractivity (Wildman–Crippen MR) is 69.7 cm³/mol. The Labute approximate surface area is 109 Å². The first kappa shape index (κ1) is 11.8. The average Bonchev–Trinajstić information content (AvgIpc) is 3.10.